The van der Waals surface area contributed by atoms with E-state index in [0.717, 1.165) is 17.2 Å². The summed E-state index contributed by atoms with van der Waals surface area (Å²) in [6.07, 6.45) is 2.30. The predicted octanol–water partition coefficient (Wildman–Crippen LogP) is 6.13. The molecule has 0 saturated heterocycles. The Labute approximate surface area is 137 Å². The Morgan fingerprint density at radius 2 is 2.00 bits per heavy atom. The molecule has 0 amide bonds. The third kappa shape index (κ3) is 1.66. The molecule has 2 aliphatic rings. The van der Waals surface area contributed by atoms with Gasteiger partial charge in [-0.15, -0.1) is 0 Å². The highest BCUT2D eigenvalue weighted by molar-refractivity contribution is 6.37. The van der Waals surface area contributed by atoms with Gasteiger partial charge in [0.1, 0.15) is 11.4 Å². The lowest BCUT2D eigenvalue weighted by Gasteiger charge is -2.30. The first-order valence-electron chi connectivity index (χ1n) is 8.29. The lowest BCUT2D eigenvalue weighted by molar-refractivity contribution is 0.105. The van der Waals surface area contributed by atoms with E-state index in [9.17, 15) is 0 Å². The van der Waals surface area contributed by atoms with Gasteiger partial charge in [-0.05, 0) is 56.0 Å². The van der Waals surface area contributed by atoms with Crippen LogP contribution in [0.3, 0.4) is 0 Å². The standard InChI is InChI=1S/C20H23ClO/c1-10(2)15-18(21)13-7-6-11(3)12-8-9-14-17(16(12)13)19(15)22-20(14,4)5/h6-7,10,14H,8-9H2,1-5H3/t14-/m0/s1. The van der Waals surface area contributed by atoms with Crippen molar-refractivity contribution in [2.75, 3.05) is 0 Å². The van der Waals surface area contributed by atoms with Crippen LogP contribution in [0.4, 0.5) is 0 Å². The Bertz CT molecular complexity index is 801. The number of halogens is 1. The van der Waals surface area contributed by atoms with Gasteiger partial charge in [0, 0.05) is 22.4 Å². The van der Waals surface area contributed by atoms with Crippen LogP contribution >= 0.6 is 11.6 Å². The van der Waals surface area contributed by atoms with Crippen molar-refractivity contribution < 1.29 is 4.74 Å². The van der Waals surface area contributed by atoms with Crippen molar-refractivity contribution in [2.24, 2.45) is 0 Å². The van der Waals surface area contributed by atoms with Gasteiger partial charge in [-0.25, -0.2) is 0 Å². The molecule has 1 aliphatic heterocycles. The fourth-order valence-electron chi connectivity index (χ4n) is 4.49. The molecule has 0 bridgehead atoms. The molecule has 1 heterocycles. The van der Waals surface area contributed by atoms with Gasteiger partial charge in [0.25, 0.3) is 0 Å². The van der Waals surface area contributed by atoms with Crippen LogP contribution in [0.25, 0.3) is 10.8 Å². The molecule has 0 radical (unpaired) electrons. The molecule has 0 saturated carbocycles. The quantitative estimate of drug-likeness (QED) is 0.615. The minimum atomic E-state index is -0.134. The van der Waals surface area contributed by atoms with E-state index in [0.29, 0.717) is 11.8 Å². The summed E-state index contributed by atoms with van der Waals surface area (Å²) < 4.78 is 6.47. The highest BCUT2D eigenvalue weighted by Gasteiger charge is 2.46. The normalized spacial score (nSPS) is 21.5. The lowest BCUT2D eigenvalue weighted by Crippen LogP contribution is -2.31. The van der Waals surface area contributed by atoms with Crippen molar-refractivity contribution in [2.45, 2.75) is 64.9 Å². The van der Waals surface area contributed by atoms with Gasteiger partial charge in [-0.1, -0.05) is 37.6 Å². The van der Waals surface area contributed by atoms with E-state index in [2.05, 4.69) is 46.8 Å². The molecule has 0 unspecified atom stereocenters. The molecule has 2 aromatic carbocycles. The van der Waals surface area contributed by atoms with Gasteiger partial charge in [-0.3, -0.25) is 0 Å². The van der Waals surface area contributed by atoms with E-state index in [4.69, 9.17) is 16.3 Å². The fourth-order valence-corrected chi connectivity index (χ4v) is 4.95. The van der Waals surface area contributed by atoms with E-state index < -0.39 is 0 Å². The first kappa shape index (κ1) is 14.4. The highest BCUT2D eigenvalue weighted by Crippen LogP contribution is 2.58. The van der Waals surface area contributed by atoms with Crippen LogP contribution in [0.5, 0.6) is 5.75 Å². The summed E-state index contributed by atoms with van der Waals surface area (Å²) in [6.45, 7) is 11.1. The zero-order valence-electron chi connectivity index (χ0n) is 14.0. The molecule has 2 aromatic rings. The topological polar surface area (TPSA) is 9.23 Å². The molecule has 1 atom stereocenters. The Hall–Kier alpha value is -1.21. The number of aryl methyl sites for hydroxylation is 2. The van der Waals surface area contributed by atoms with Crippen molar-refractivity contribution >= 4 is 22.4 Å². The molecule has 0 N–H and O–H groups in total. The summed E-state index contributed by atoms with van der Waals surface area (Å²) in [6, 6.07) is 4.43. The third-order valence-corrected chi connectivity index (χ3v) is 6.00. The maximum atomic E-state index is 6.83. The highest BCUT2D eigenvalue weighted by atomic mass is 35.5. The molecule has 1 aliphatic carbocycles. The summed E-state index contributed by atoms with van der Waals surface area (Å²) in [5.74, 6) is 1.92. The Morgan fingerprint density at radius 3 is 2.68 bits per heavy atom. The molecule has 2 heteroatoms. The number of benzene rings is 2. The van der Waals surface area contributed by atoms with Gasteiger partial charge in [0.05, 0.1) is 5.02 Å². The molecule has 0 spiro atoms. The second-order valence-corrected chi connectivity index (χ2v) is 8.08. The molecular formula is C20H23ClO. The van der Waals surface area contributed by atoms with E-state index >= 15 is 0 Å². The van der Waals surface area contributed by atoms with Crippen LogP contribution in [-0.4, -0.2) is 5.60 Å². The Kier molecular flexibility index (Phi) is 2.89. The summed E-state index contributed by atoms with van der Waals surface area (Å²) in [7, 11) is 0. The first-order valence-corrected chi connectivity index (χ1v) is 8.67. The Balaban J connectivity index is 2.22. The fraction of sp³-hybridized carbons (Fsp3) is 0.500. The number of hydrogen-bond donors (Lipinski definition) is 0. The van der Waals surface area contributed by atoms with Gasteiger partial charge < -0.3 is 4.74 Å². The van der Waals surface area contributed by atoms with Crippen LogP contribution < -0.4 is 4.74 Å². The second kappa shape index (κ2) is 4.41. The predicted molar refractivity (Wildman–Crippen MR) is 93.6 cm³/mol. The van der Waals surface area contributed by atoms with Crippen molar-refractivity contribution in [1.82, 2.24) is 0 Å². The van der Waals surface area contributed by atoms with Crippen LogP contribution in [-0.2, 0) is 6.42 Å². The minimum Gasteiger partial charge on any atom is -0.487 e. The summed E-state index contributed by atoms with van der Waals surface area (Å²) in [4.78, 5) is 0. The van der Waals surface area contributed by atoms with Crippen molar-refractivity contribution in [3.8, 4) is 5.75 Å². The monoisotopic (exact) mass is 314 g/mol. The zero-order valence-corrected chi connectivity index (χ0v) is 14.8. The van der Waals surface area contributed by atoms with Gasteiger partial charge >= 0.3 is 0 Å². The second-order valence-electron chi connectivity index (χ2n) is 7.71. The van der Waals surface area contributed by atoms with Gasteiger partial charge in [0.15, 0.2) is 0 Å². The molecular weight excluding hydrogens is 292 g/mol. The van der Waals surface area contributed by atoms with E-state index in [1.165, 1.54) is 39.4 Å². The molecule has 1 nitrogen and oxygen atoms in total. The van der Waals surface area contributed by atoms with Crippen molar-refractivity contribution in [1.29, 1.82) is 0 Å². The van der Waals surface area contributed by atoms with Crippen molar-refractivity contribution in [3.05, 3.63) is 39.4 Å². The van der Waals surface area contributed by atoms with Gasteiger partial charge in [0.2, 0.25) is 0 Å². The third-order valence-electron chi connectivity index (χ3n) is 5.59. The molecule has 22 heavy (non-hydrogen) atoms. The van der Waals surface area contributed by atoms with Crippen LogP contribution in [0.2, 0.25) is 5.02 Å². The minimum absolute atomic E-state index is 0.134. The molecule has 116 valence electrons. The van der Waals surface area contributed by atoms with Crippen LogP contribution in [0, 0.1) is 6.92 Å². The van der Waals surface area contributed by atoms with E-state index in [1.807, 2.05) is 0 Å². The van der Waals surface area contributed by atoms with Gasteiger partial charge in [-0.2, -0.15) is 0 Å². The number of rotatable bonds is 1. The number of hydrogen-bond acceptors (Lipinski definition) is 1. The summed E-state index contributed by atoms with van der Waals surface area (Å²) in [5.41, 5.74) is 5.34. The summed E-state index contributed by atoms with van der Waals surface area (Å²) >= 11 is 6.83. The average molecular weight is 315 g/mol. The van der Waals surface area contributed by atoms with Crippen LogP contribution in [0.1, 0.15) is 68.2 Å². The maximum absolute atomic E-state index is 6.83. The van der Waals surface area contributed by atoms with E-state index in [1.54, 1.807) is 0 Å². The van der Waals surface area contributed by atoms with E-state index in [-0.39, 0.29) is 5.60 Å². The SMILES string of the molecule is Cc1ccc2c(Cl)c(C(C)C)c3c4c2c1CC[C@@H]4C(C)(C)O3. The molecule has 4 rings (SSSR count). The zero-order chi connectivity index (χ0) is 15.8. The molecule has 0 fully saturated rings. The lowest BCUT2D eigenvalue weighted by atomic mass is 9.74. The van der Waals surface area contributed by atoms with Crippen LogP contribution in [0.15, 0.2) is 12.1 Å². The Morgan fingerprint density at radius 1 is 1.27 bits per heavy atom. The largest absolute Gasteiger partial charge is 0.487 e. The smallest absolute Gasteiger partial charge is 0.129 e. The average Bonchev–Trinajstić information content (AvgIpc) is 2.70. The maximum Gasteiger partial charge on any atom is 0.129 e. The molecule has 0 aromatic heterocycles. The van der Waals surface area contributed by atoms with Crippen molar-refractivity contribution in [3.63, 3.8) is 0 Å². The summed E-state index contributed by atoms with van der Waals surface area (Å²) in [5, 5.41) is 3.49. The first-order chi connectivity index (χ1) is 10.3. The number of ether oxygens (including phenoxy) is 1.